The summed E-state index contributed by atoms with van der Waals surface area (Å²) in [4.78, 5) is 0. The van der Waals surface area contributed by atoms with E-state index in [1.807, 2.05) is 29.7 Å². The van der Waals surface area contributed by atoms with Gasteiger partial charge in [0, 0.05) is 44.0 Å². The van der Waals surface area contributed by atoms with E-state index in [1.54, 1.807) is 0 Å². The summed E-state index contributed by atoms with van der Waals surface area (Å²) in [5.41, 5.74) is 10.9. The zero-order valence-electron chi connectivity index (χ0n) is 12.2. The standard InChI is InChI=1S/C14H23N5/c1-5-10-7-11(19(4)16-10)8-13(15)12-9-18(3)17-14(12)6-2/h7,9,13H,5-6,8,15H2,1-4H3. The van der Waals surface area contributed by atoms with Crippen molar-refractivity contribution >= 4 is 0 Å². The Morgan fingerprint density at radius 3 is 2.53 bits per heavy atom. The molecule has 5 heteroatoms. The van der Waals surface area contributed by atoms with Gasteiger partial charge >= 0.3 is 0 Å². The maximum atomic E-state index is 6.34. The molecule has 0 fully saturated rings. The molecule has 5 nitrogen and oxygen atoms in total. The van der Waals surface area contributed by atoms with Gasteiger partial charge in [0.15, 0.2) is 0 Å². The molecule has 2 aromatic rings. The molecule has 0 aliphatic heterocycles. The zero-order valence-corrected chi connectivity index (χ0v) is 12.2. The summed E-state index contributed by atoms with van der Waals surface area (Å²) >= 11 is 0. The van der Waals surface area contributed by atoms with Gasteiger partial charge in [0.25, 0.3) is 0 Å². The van der Waals surface area contributed by atoms with Crippen molar-refractivity contribution in [1.29, 1.82) is 0 Å². The average molecular weight is 261 g/mol. The number of hydrogen-bond donors (Lipinski definition) is 1. The number of nitrogens with zero attached hydrogens (tertiary/aromatic N) is 4. The molecule has 0 saturated heterocycles. The van der Waals surface area contributed by atoms with Crippen LogP contribution in [0.3, 0.4) is 0 Å². The first-order valence-corrected chi connectivity index (χ1v) is 6.84. The minimum atomic E-state index is -0.0243. The zero-order chi connectivity index (χ0) is 14.0. The lowest BCUT2D eigenvalue weighted by Crippen LogP contribution is -2.16. The predicted molar refractivity (Wildman–Crippen MR) is 75.8 cm³/mol. The molecule has 19 heavy (non-hydrogen) atoms. The number of hydrogen-bond acceptors (Lipinski definition) is 3. The average Bonchev–Trinajstić information content (AvgIpc) is 2.93. The molecule has 0 saturated carbocycles. The van der Waals surface area contributed by atoms with Crippen LogP contribution in [0.5, 0.6) is 0 Å². The van der Waals surface area contributed by atoms with Gasteiger partial charge < -0.3 is 5.73 Å². The van der Waals surface area contributed by atoms with Gasteiger partial charge in [-0.1, -0.05) is 13.8 Å². The summed E-state index contributed by atoms with van der Waals surface area (Å²) < 4.78 is 3.77. The van der Waals surface area contributed by atoms with Crippen molar-refractivity contribution < 1.29 is 0 Å². The molecule has 2 heterocycles. The summed E-state index contributed by atoms with van der Waals surface area (Å²) in [7, 11) is 3.92. The fraction of sp³-hybridized carbons (Fsp3) is 0.571. The Morgan fingerprint density at radius 2 is 1.95 bits per heavy atom. The SMILES string of the molecule is CCc1cc(CC(N)c2cn(C)nc2CC)n(C)n1. The van der Waals surface area contributed by atoms with E-state index in [-0.39, 0.29) is 6.04 Å². The molecule has 2 N–H and O–H groups in total. The van der Waals surface area contributed by atoms with E-state index in [9.17, 15) is 0 Å². The fourth-order valence-corrected chi connectivity index (χ4v) is 2.41. The van der Waals surface area contributed by atoms with Gasteiger partial charge in [-0.15, -0.1) is 0 Å². The molecular weight excluding hydrogens is 238 g/mol. The quantitative estimate of drug-likeness (QED) is 0.887. The first-order valence-electron chi connectivity index (χ1n) is 6.84. The summed E-state index contributed by atoms with van der Waals surface area (Å²) in [6.45, 7) is 4.22. The van der Waals surface area contributed by atoms with Crippen molar-refractivity contribution in [3.05, 3.63) is 34.9 Å². The number of aryl methyl sites for hydroxylation is 4. The fourth-order valence-electron chi connectivity index (χ4n) is 2.41. The van der Waals surface area contributed by atoms with Crippen LogP contribution in [0.2, 0.25) is 0 Å². The molecular formula is C14H23N5. The van der Waals surface area contributed by atoms with Crippen LogP contribution >= 0.6 is 0 Å². The molecule has 2 rings (SSSR count). The lowest BCUT2D eigenvalue weighted by Gasteiger charge is -2.11. The van der Waals surface area contributed by atoms with Crippen molar-refractivity contribution in [1.82, 2.24) is 19.6 Å². The molecule has 0 amide bonds. The van der Waals surface area contributed by atoms with Crippen LogP contribution in [0, 0.1) is 0 Å². The third-order valence-electron chi connectivity index (χ3n) is 3.49. The monoisotopic (exact) mass is 261 g/mol. The Balaban J connectivity index is 2.19. The van der Waals surface area contributed by atoms with Gasteiger partial charge in [-0.2, -0.15) is 10.2 Å². The van der Waals surface area contributed by atoms with E-state index >= 15 is 0 Å². The first-order chi connectivity index (χ1) is 9.05. The summed E-state index contributed by atoms with van der Waals surface area (Å²) in [5.74, 6) is 0. The lowest BCUT2D eigenvalue weighted by molar-refractivity contribution is 0.634. The molecule has 0 aliphatic rings. The lowest BCUT2D eigenvalue weighted by atomic mass is 10.0. The molecule has 0 aromatic carbocycles. The van der Waals surface area contributed by atoms with Gasteiger partial charge in [-0.25, -0.2) is 0 Å². The summed E-state index contributed by atoms with van der Waals surface area (Å²) in [5, 5.41) is 8.91. The molecule has 0 aliphatic carbocycles. The molecule has 0 spiro atoms. The van der Waals surface area contributed by atoms with Crippen LogP contribution in [0.4, 0.5) is 0 Å². The van der Waals surface area contributed by atoms with E-state index in [1.165, 1.54) is 5.69 Å². The van der Waals surface area contributed by atoms with Gasteiger partial charge in [0.05, 0.1) is 11.4 Å². The topological polar surface area (TPSA) is 61.7 Å². The third kappa shape index (κ3) is 2.87. The minimum absolute atomic E-state index is 0.0243. The van der Waals surface area contributed by atoms with Crippen LogP contribution in [-0.2, 0) is 33.4 Å². The number of aromatic nitrogens is 4. The molecule has 2 aromatic heterocycles. The normalized spacial score (nSPS) is 12.9. The maximum absolute atomic E-state index is 6.34. The Hall–Kier alpha value is -1.62. The highest BCUT2D eigenvalue weighted by atomic mass is 15.3. The Bertz CT molecular complexity index is 552. The van der Waals surface area contributed by atoms with Crippen LogP contribution in [0.25, 0.3) is 0 Å². The minimum Gasteiger partial charge on any atom is -0.324 e. The highest BCUT2D eigenvalue weighted by molar-refractivity contribution is 5.23. The number of rotatable bonds is 5. The van der Waals surface area contributed by atoms with Crippen molar-refractivity contribution in [3.63, 3.8) is 0 Å². The maximum Gasteiger partial charge on any atom is 0.0669 e. The third-order valence-corrected chi connectivity index (χ3v) is 3.49. The van der Waals surface area contributed by atoms with E-state index < -0.39 is 0 Å². The van der Waals surface area contributed by atoms with Gasteiger partial charge in [0.2, 0.25) is 0 Å². The summed E-state index contributed by atoms with van der Waals surface area (Å²) in [6.07, 6.45) is 4.69. The van der Waals surface area contributed by atoms with Crippen LogP contribution in [0.15, 0.2) is 12.3 Å². The Morgan fingerprint density at radius 1 is 1.21 bits per heavy atom. The van der Waals surface area contributed by atoms with Crippen molar-refractivity contribution in [2.45, 2.75) is 39.2 Å². The number of nitrogens with two attached hydrogens (primary N) is 1. The second-order valence-electron chi connectivity index (χ2n) is 4.97. The Labute approximate surface area is 114 Å². The smallest absolute Gasteiger partial charge is 0.0669 e. The van der Waals surface area contributed by atoms with Gasteiger partial charge in [0.1, 0.15) is 0 Å². The van der Waals surface area contributed by atoms with Crippen molar-refractivity contribution in [2.24, 2.45) is 19.8 Å². The first kappa shape index (κ1) is 13.8. The predicted octanol–water partition coefficient (Wildman–Crippen LogP) is 1.52. The van der Waals surface area contributed by atoms with E-state index in [0.717, 1.165) is 36.2 Å². The van der Waals surface area contributed by atoms with Crippen molar-refractivity contribution in [3.8, 4) is 0 Å². The van der Waals surface area contributed by atoms with E-state index in [0.29, 0.717) is 0 Å². The molecule has 0 bridgehead atoms. The largest absolute Gasteiger partial charge is 0.324 e. The van der Waals surface area contributed by atoms with Crippen LogP contribution in [0.1, 0.15) is 42.5 Å². The highest BCUT2D eigenvalue weighted by Gasteiger charge is 2.16. The highest BCUT2D eigenvalue weighted by Crippen LogP contribution is 2.20. The van der Waals surface area contributed by atoms with Crippen LogP contribution < -0.4 is 5.73 Å². The van der Waals surface area contributed by atoms with E-state index in [4.69, 9.17) is 5.73 Å². The van der Waals surface area contributed by atoms with Gasteiger partial charge in [-0.3, -0.25) is 9.36 Å². The Kier molecular flexibility index (Phi) is 4.04. The molecule has 1 atom stereocenters. The van der Waals surface area contributed by atoms with E-state index in [2.05, 4.69) is 30.1 Å². The van der Waals surface area contributed by atoms with Crippen molar-refractivity contribution in [2.75, 3.05) is 0 Å². The summed E-state index contributed by atoms with van der Waals surface area (Å²) in [6, 6.07) is 2.12. The molecule has 104 valence electrons. The second kappa shape index (κ2) is 5.57. The molecule has 0 radical (unpaired) electrons. The van der Waals surface area contributed by atoms with Crippen LogP contribution in [-0.4, -0.2) is 19.6 Å². The second-order valence-corrected chi connectivity index (χ2v) is 4.97. The molecule has 1 unspecified atom stereocenters. The van der Waals surface area contributed by atoms with Gasteiger partial charge in [-0.05, 0) is 18.9 Å².